The van der Waals surface area contributed by atoms with E-state index in [0.717, 1.165) is 5.56 Å². The van der Waals surface area contributed by atoms with Crippen LogP contribution in [-0.2, 0) is 20.8 Å². The van der Waals surface area contributed by atoms with Gasteiger partial charge < -0.3 is 21.3 Å². The van der Waals surface area contributed by atoms with Crippen LogP contribution in [0.25, 0.3) is 10.8 Å². The molecule has 0 saturated carbocycles. The highest BCUT2D eigenvalue weighted by molar-refractivity contribution is 6.07. The normalized spacial score (nSPS) is 11.9. The van der Waals surface area contributed by atoms with E-state index in [4.69, 9.17) is 0 Å². The standard InChI is InChI=1S/C30H34F2N4O4/c1-30(2,3)36-27(38)18-25(35-26(37)15-10-19-8-11-20(31)12-9-19)29(40)34-17-16-33-28(39)23-13-14-24(32)22-7-5-4-6-21(22)23/h4-9,11-14,25H,10,15-18H2,1-3H3,(H,33,39)(H,34,40)(H,35,37)(H,36,38)/t25-/m0/s1. The number of amides is 4. The summed E-state index contributed by atoms with van der Waals surface area (Å²) in [6, 6.07) is 13.9. The Morgan fingerprint density at radius 3 is 2.12 bits per heavy atom. The lowest BCUT2D eigenvalue weighted by Crippen LogP contribution is -2.51. The molecule has 0 spiro atoms. The van der Waals surface area contributed by atoms with Crippen molar-refractivity contribution < 1.29 is 28.0 Å². The maximum absolute atomic E-state index is 14.1. The van der Waals surface area contributed by atoms with Crippen LogP contribution in [-0.4, -0.2) is 48.3 Å². The van der Waals surface area contributed by atoms with Crippen LogP contribution < -0.4 is 21.3 Å². The molecule has 8 nitrogen and oxygen atoms in total. The quantitative estimate of drug-likeness (QED) is 0.273. The van der Waals surface area contributed by atoms with Crippen molar-refractivity contribution in [2.75, 3.05) is 13.1 Å². The van der Waals surface area contributed by atoms with Gasteiger partial charge in [0.2, 0.25) is 17.7 Å². The predicted octanol–water partition coefficient (Wildman–Crippen LogP) is 3.39. The summed E-state index contributed by atoms with van der Waals surface area (Å²) < 4.78 is 27.2. The predicted molar refractivity (Wildman–Crippen MR) is 148 cm³/mol. The number of hydrogen-bond acceptors (Lipinski definition) is 4. The van der Waals surface area contributed by atoms with Crippen LogP contribution in [0.4, 0.5) is 8.78 Å². The molecule has 0 heterocycles. The Morgan fingerprint density at radius 1 is 0.800 bits per heavy atom. The Bertz CT molecular complexity index is 1370. The van der Waals surface area contributed by atoms with Gasteiger partial charge in [0.25, 0.3) is 5.91 Å². The first-order valence-corrected chi connectivity index (χ1v) is 13.0. The molecule has 0 unspecified atom stereocenters. The molecule has 0 fully saturated rings. The molecule has 0 radical (unpaired) electrons. The van der Waals surface area contributed by atoms with Gasteiger partial charge in [-0.25, -0.2) is 8.78 Å². The third kappa shape index (κ3) is 9.14. The molecule has 3 aromatic carbocycles. The minimum atomic E-state index is -1.14. The lowest BCUT2D eigenvalue weighted by Gasteiger charge is -2.23. The molecular weight excluding hydrogens is 518 g/mol. The molecule has 0 aliphatic rings. The maximum Gasteiger partial charge on any atom is 0.251 e. The van der Waals surface area contributed by atoms with E-state index in [1.807, 2.05) is 0 Å². The summed E-state index contributed by atoms with van der Waals surface area (Å²) in [6.45, 7) is 5.50. The second kappa shape index (κ2) is 13.6. The molecule has 1 atom stereocenters. The summed E-state index contributed by atoms with van der Waals surface area (Å²) >= 11 is 0. The van der Waals surface area contributed by atoms with E-state index in [1.165, 1.54) is 24.3 Å². The average Bonchev–Trinajstić information content (AvgIpc) is 2.89. The molecule has 10 heteroatoms. The Labute approximate surface area is 231 Å². The van der Waals surface area contributed by atoms with Gasteiger partial charge in [0, 0.05) is 36.0 Å². The van der Waals surface area contributed by atoms with Gasteiger partial charge in [0.05, 0.1) is 6.42 Å². The van der Waals surface area contributed by atoms with E-state index in [2.05, 4.69) is 21.3 Å². The number of carbonyl (C=O) groups is 4. The van der Waals surface area contributed by atoms with Crippen molar-refractivity contribution in [3.8, 4) is 0 Å². The summed E-state index contributed by atoms with van der Waals surface area (Å²) in [6.07, 6.45) is 0.0933. The first-order chi connectivity index (χ1) is 18.9. The second-order valence-electron chi connectivity index (χ2n) is 10.4. The van der Waals surface area contributed by atoms with Crippen LogP contribution in [0.5, 0.6) is 0 Å². The number of rotatable bonds is 11. The van der Waals surface area contributed by atoms with Crippen LogP contribution in [0.2, 0.25) is 0 Å². The number of benzene rings is 3. The Balaban J connectivity index is 1.56. The van der Waals surface area contributed by atoms with Crippen molar-refractivity contribution in [3.05, 3.63) is 83.4 Å². The fraction of sp³-hybridized carbons (Fsp3) is 0.333. The van der Waals surface area contributed by atoms with Crippen molar-refractivity contribution in [3.63, 3.8) is 0 Å². The third-order valence-corrected chi connectivity index (χ3v) is 5.93. The molecule has 40 heavy (non-hydrogen) atoms. The molecule has 0 aliphatic carbocycles. The topological polar surface area (TPSA) is 116 Å². The van der Waals surface area contributed by atoms with Gasteiger partial charge in [-0.15, -0.1) is 0 Å². The number of hydrogen-bond donors (Lipinski definition) is 4. The number of nitrogens with one attached hydrogen (secondary N) is 4. The monoisotopic (exact) mass is 552 g/mol. The number of carbonyl (C=O) groups excluding carboxylic acids is 4. The Morgan fingerprint density at radius 2 is 1.45 bits per heavy atom. The first-order valence-electron chi connectivity index (χ1n) is 13.0. The van der Waals surface area contributed by atoms with Gasteiger partial charge in [-0.1, -0.05) is 36.4 Å². The molecule has 212 valence electrons. The summed E-state index contributed by atoms with van der Waals surface area (Å²) in [4.78, 5) is 50.7. The highest BCUT2D eigenvalue weighted by atomic mass is 19.1. The van der Waals surface area contributed by atoms with E-state index >= 15 is 0 Å². The summed E-state index contributed by atoms with van der Waals surface area (Å²) in [7, 11) is 0. The largest absolute Gasteiger partial charge is 0.353 e. The highest BCUT2D eigenvalue weighted by Gasteiger charge is 2.25. The maximum atomic E-state index is 14.1. The van der Waals surface area contributed by atoms with Gasteiger partial charge in [0.15, 0.2) is 0 Å². The molecule has 4 amide bonds. The van der Waals surface area contributed by atoms with Gasteiger partial charge in [0.1, 0.15) is 17.7 Å². The van der Waals surface area contributed by atoms with Crippen molar-refractivity contribution in [1.82, 2.24) is 21.3 Å². The van der Waals surface area contributed by atoms with Crippen LogP contribution >= 0.6 is 0 Å². The van der Waals surface area contributed by atoms with Crippen LogP contribution in [0, 0.1) is 11.6 Å². The zero-order valence-electron chi connectivity index (χ0n) is 22.8. The SMILES string of the molecule is CC(C)(C)NC(=O)C[C@H](NC(=O)CCc1ccc(F)cc1)C(=O)NCCNC(=O)c1ccc(F)c2ccccc12. The Kier molecular flexibility index (Phi) is 10.3. The molecule has 0 bridgehead atoms. The van der Waals surface area contributed by atoms with Gasteiger partial charge in [-0.3, -0.25) is 19.2 Å². The summed E-state index contributed by atoms with van der Waals surface area (Å²) in [5.41, 5.74) is 0.528. The molecule has 3 rings (SSSR count). The van der Waals surface area contributed by atoms with Gasteiger partial charge >= 0.3 is 0 Å². The average molecular weight is 553 g/mol. The van der Waals surface area contributed by atoms with Crippen LogP contribution in [0.3, 0.4) is 0 Å². The zero-order valence-corrected chi connectivity index (χ0v) is 22.8. The fourth-order valence-electron chi connectivity index (χ4n) is 4.08. The van der Waals surface area contributed by atoms with Crippen LogP contribution in [0.1, 0.15) is 49.5 Å². The van der Waals surface area contributed by atoms with Crippen LogP contribution in [0.15, 0.2) is 60.7 Å². The molecule has 0 aliphatic heterocycles. The van der Waals surface area contributed by atoms with Crippen molar-refractivity contribution in [1.29, 1.82) is 0 Å². The lowest BCUT2D eigenvalue weighted by atomic mass is 10.0. The number of halogens is 2. The summed E-state index contributed by atoms with van der Waals surface area (Å²) in [5, 5.41) is 11.5. The second-order valence-corrected chi connectivity index (χ2v) is 10.4. The van der Waals surface area contributed by atoms with Gasteiger partial charge in [-0.2, -0.15) is 0 Å². The lowest BCUT2D eigenvalue weighted by molar-refractivity contribution is -0.132. The minimum Gasteiger partial charge on any atom is -0.353 e. The molecule has 0 saturated heterocycles. The molecule has 4 N–H and O–H groups in total. The van der Waals surface area contributed by atoms with Gasteiger partial charge in [-0.05, 0) is 62.4 Å². The van der Waals surface area contributed by atoms with E-state index < -0.39 is 41.0 Å². The first kappa shape index (κ1) is 30.2. The Hall–Kier alpha value is -4.34. The zero-order chi connectivity index (χ0) is 29.3. The minimum absolute atomic E-state index is 0.0343. The van der Waals surface area contributed by atoms with Crippen molar-refractivity contribution in [2.45, 2.75) is 51.6 Å². The molecule has 3 aromatic rings. The number of aryl methyl sites for hydroxylation is 1. The van der Waals surface area contributed by atoms with E-state index in [-0.39, 0.29) is 31.7 Å². The van der Waals surface area contributed by atoms with E-state index in [9.17, 15) is 28.0 Å². The third-order valence-electron chi connectivity index (χ3n) is 5.93. The smallest absolute Gasteiger partial charge is 0.251 e. The van der Waals surface area contributed by atoms with E-state index in [0.29, 0.717) is 22.8 Å². The fourth-order valence-corrected chi connectivity index (χ4v) is 4.08. The highest BCUT2D eigenvalue weighted by Crippen LogP contribution is 2.21. The van der Waals surface area contributed by atoms with Crippen molar-refractivity contribution in [2.24, 2.45) is 0 Å². The molecule has 0 aromatic heterocycles. The number of fused-ring (bicyclic) bond motifs is 1. The van der Waals surface area contributed by atoms with E-state index in [1.54, 1.807) is 57.2 Å². The molecular formula is C30H34F2N4O4. The summed E-state index contributed by atoms with van der Waals surface area (Å²) in [5.74, 6) is -2.67. The van der Waals surface area contributed by atoms with Crippen molar-refractivity contribution >= 4 is 34.4 Å².